The number of aromatic nitrogens is 3. The molecule has 0 amide bonds. The van der Waals surface area contributed by atoms with Crippen LogP contribution in [0, 0.1) is 0 Å². The molecular formula is C18H29IN6O2. The van der Waals surface area contributed by atoms with E-state index in [0.29, 0.717) is 25.6 Å². The van der Waals surface area contributed by atoms with Crippen molar-refractivity contribution in [1.82, 2.24) is 25.4 Å². The smallest absolute Gasteiger partial charge is 0.213 e. The largest absolute Gasteiger partial charge is 0.475 e. The predicted octanol–water partition coefficient (Wildman–Crippen LogP) is 2.07. The zero-order valence-electron chi connectivity index (χ0n) is 15.9. The van der Waals surface area contributed by atoms with E-state index in [4.69, 9.17) is 9.47 Å². The molecule has 0 aliphatic heterocycles. The molecule has 2 heterocycles. The van der Waals surface area contributed by atoms with Crippen molar-refractivity contribution in [2.75, 3.05) is 33.4 Å². The standard InChI is InChI=1S/C18H28N6O2.HI/c1-3-19-18(20-8-4-10-24-11-5-9-23-24)22-15-16-6-7-17(21-14-16)26-13-12-25-2;/h5-7,9,11,14H,3-4,8,10,12-13,15H2,1-2H3,(H2,19,20,22);1H. The van der Waals surface area contributed by atoms with Crippen LogP contribution < -0.4 is 15.4 Å². The lowest BCUT2D eigenvalue weighted by Gasteiger charge is -2.11. The van der Waals surface area contributed by atoms with E-state index in [1.807, 2.05) is 29.1 Å². The topological polar surface area (TPSA) is 85.6 Å². The number of aliphatic imine (C=N–C) groups is 1. The number of nitrogens with zero attached hydrogens (tertiary/aromatic N) is 4. The summed E-state index contributed by atoms with van der Waals surface area (Å²) in [6.45, 7) is 6.17. The fourth-order valence-corrected chi connectivity index (χ4v) is 2.21. The van der Waals surface area contributed by atoms with Gasteiger partial charge in [-0.3, -0.25) is 4.68 Å². The molecule has 9 heteroatoms. The highest BCUT2D eigenvalue weighted by Crippen LogP contribution is 2.08. The fourth-order valence-electron chi connectivity index (χ4n) is 2.21. The van der Waals surface area contributed by atoms with Crippen LogP contribution in [0.1, 0.15) is 18.9 Å². The first kappa shape index (κ1) is 23.2. The summed E-state index contributed by atoms with van der Waals surface area (Å²) in [5, 5.41) is 10.8. The van der Waals surface area contributed by atoms with E-state index >= 15 is 0 Å². The predicted molar refractivity (Wildman–Crippen MR) is 117 cm³/mol. The fraction of sp³-hybridized carbons (Fsp3) is 0.500. The lowest BCUT2D eigenvalue weighted by Crippen LogP contribution is -2.38. The van der Waals surface area contributed by atoms with Gasteiger partial charge in [-0.2, -0.15) is 5.10 Å². The Morgan fingerprint density at radius 2 is 2.15 bits per heavy atom. The van der Waals surface area contributed by atoms with E-state index in [9.17, 15) is 0 Å². The Morgan fingerprint density at radius 1 is 1.26 bits per heavy atom. The maximum atomic E-state index is 5.46. The summed E-state index contributed by atoms with van der Waals surface area (Å²) in [6, 6.07) is 5.76. The Hall–Kier alpha value is -1.88. The van der Waals surface area contributed by atoms with Gasteiger partial charge in [0.2, 0.25) is 5.88 Å². The van der Waals surface area contributed by atoms with Gasteiger partial charge >= 0.3 is 0 Å². The van der Waals surface area contributed by atoms with Gasteiger partial charge in [0, 0.05) is 51.4 Å². The van der Waals surface area contributed by atoms with Gasteiger partial charge in [-0.1, -0.05) is 6.07 Å². The molecule has 0 bridgehead atoms. The molecule has 0 aliphatic carbocycles. The normalized spacial score (nSPS) is 11.0. The van der Waals surface area contributed by atoms with Crippen LogP contribution in [0.3, 0.4) is 0 Å². The zero-order valence-corrected chi connectivity index (χ0v) is 18.3. The van der Waals surface area contributed by atoms with Crippen molar-refractivity contribution in [2.45, 2.75) is 26.4 Å². The number of aryl methyl sites for hydroxylation is 1. The molecule has 0 radical (unpaired) electrons. The van der Waals surface area contributed by atoms with Crippen LogP contribution >= 0.6 is 24.0 Å². The van der Waals surface area contributed by atoms with Crippen molar-refractivity contribution >= 4 is 29.9 Å². The van der Waals surface area contributed by atoms with Gasteiger partial charge in [-0.05, 0) is 25.0 Å². The third-order valence-electron chi connectivity index (χ3n) is 3.51. The first-order valence-electron chi connectivity index (χ1n) is 8.88. The third kappa shape index (κ3) is 9.57. The molecule has 2 aromatic rings. The molecule has 0 spiro atoms. The number of ether oxygens (including phenoxy) is 2. The summed E-state index contributed by atoms with van der Waals surface area (Å²) >= 11 is 0. The summed E-state index contributed by atoms with van der Waals surface area (Å²) in [6.07, 6.45) is 6.52. The minimum atomic E-state index is 0. The Morgan fingerprint density at radius 3 is 2.81 bits per heavy atom. The molecule has 150 valence electrons. The molecule has 0 saturated carbocycles. The number of guanidine groups is 1. The van der Waals surface area contributed by atoms with Crippen LogP contribution in [0.5, 0.6) is 5.88 Å². The summed E-state index contributed by atoms with van der Waals surface area (Å²) < 4.78 is 12.3. The zero-order chi connectivity index (χ0) is 18.5. The molecular weight excluding hydrogens is 459 g/mol. The van der Waals surface area contributed by atoms with Gasteiger partial charge in [-0.15, -0.1) is 24.0 Å². The van der Waals surface area contributed by atoms with Gasteiger partial charge in [0.15, 0.2) is 5.96 Å². The number of hydrogen-bond donors (Lipinski definition) is 2. The second-order valence-electron chi connectivity index (χ2n) is 5.59. The number of pyridine rings is 1. The Bertz CT molecular complexity index is 634. The molecule has 0 aliphatic rings. The number of methoxy groups -OCH3 is 1. The van der Waals surface area contributed by atoms with Gasteiger partial charge in [0.05, 0.1) is 13.2 Å². The van der Waals surface area contributed by atoms with E-state index in [-0.39, 0.29) is 24.0 Å². The second kappa shape index (κ2) is 14.2. The number of hydrogen-bond acceptors (Lipinski definition) is 5. The Balaban J connectivity index is 0.00000364. The average Bonchev–Trinajstić information content (AvgIpc) is 3.18. The SMILES string of the molecule is CCNC(=NCc1ccc(OCCOC)nc1)NCCCn1cccn1.I. The van der Waals surface area contributed by atoms with E-state index in [0.717, 1.165) is 37.6 Å². The van der Waals surface area contributed by atoms with Gasteiger partial charge in [0.25, 0.3) is 0 Å². The maximum Gasteiger partial charge on any atom is 0.213 e. The van der Waals surface area contributed by atoms with Crippen molar-refractivity contribution < 1.29 is 9.47 Å². The molecule has 2 aromatic heterocycles. The molecule has 2 N–H and O–H groups in total. The summed E-state index contributed by atoms with van der Waals surface area (Å²) in [5.41, 5.74) is 1.03. The monoisotopic (exact) mass is 488 g/mol. The average molecular weight is 488 g/mol. The Kier molecular flexibility index (Phi) is 12.2. The molecule has 0 unspecified atom stereocenters. The van der Waals surface area contributed by atoms with E-state index < -0.39 is 0 Å². The van der Waals surface area contributed by atoms with Gasteiger partial charge in [0.1, 0.15) is 6.61 Å². The Labute approximate surface area is 177 Å². The molecule has 27 heavy (non-hydrogen) atoms. The molecule has 0 fully saturated rings. The van der Waals surface area contributed by atoms with Gasteiger partial charge < -0.3 is 20.1 Å². The molecule has 0 aromatic carbocycles. The van der Waals surface area contributed by atoms with Crippen LogP contribution in [0.15, 0.2) is 41.8 Å². The van der Waals surface area contributed by atoms with E-state index in [2.05, 4.69) is 32.6 Å². The lowest BCUT2D eigenvalue weighted by atomic mass is 10.3. The number of halogens is 1. The quantitative estimate of drug-likeness (QED) is 0.218. The minimum absolute atomic E-state index is 0. The van der Waals surface area contributed by atoms with E-state index in [1.54, 1.807) is 19.5 Å². The maximum absolute atomic E-state index is 5.46. The molecule has 8 nitrogen and oxygen atoms in total. The van der Waals surface area contributed by atoms with Crippen molar-refractivity contribution in [3.05, 3.63) is 42.4 Å². The first-order valence-corrected chi connectivity index (χ1v) is 8.88. The minimum Gasteiger partial charge on any atom is -0.475 e. The lowest BCUT2D eigenvalue weighted by molar-refractivity contribution is 0.143. The summed E-state index contributed by atoms with van der Waals surface area (Å²) in [5.74, 6) is 1.40. The van der Waals surface area contributed by atoms with Crippen LogP contribution in [0.25, 0.3) is 0 Å². The number of nitrogens with one attached hydrogen (secondary N) is 2. The first-order chi connectivity index (χ1) is 12.8. The van der Waals surface area contributed by atoms with Crippen LogP contribution in [-0.2, 0) is 17.8 Å². The summed E-state index contributed by atoms with van der Waals surface area (Å²) in [7, 11) is 1.64. The van der Waals surface area contributed by atoms with Crippen molar-refractivity contribution in [1.29, 1.82) is 0 Å². The highest BCUT2D eigenvalue weighted by atomic mass is 127. The van der Waals surface area contributed by atoms with Crippen molar-refractivity contribution in [3.8, 4) is 5.88 Å². The molecule has 0 saturated heterocycles. The van der Waals surface area contributed by atoms with Crippen molar-refractivity contribution in [2.24, 2.45) is 4.99 Å². The van der Waals surface area contributed by atoms with E-state index in [1.165, 1.54) is 0 Å². The number of rotatable bonds is 11. The highest BCUT2D eigenvalue weighted by molar-refractivity contribution is 14.0. The summed E-state index contributed by atoms with van der Waals surface area (Å²) in [4.78, 5) is 8.88. The molecule has 0 atom stereocenters. The second-order valence-corrected chi connectivity index (χ2v) is 5.59. The van der Waals surface area contributed by atoms with Crippen LogP contribution in [0.4, 0.5) is 0 Å². The van der Waals surface area contributed by atoms with Crippen LogP contribution in [0.2, 0.25) is 0 Å². The van der Waals surface area contributed by atoms with Crippen molar-refractivity contribution in [3.63, 3.8) is 0 Å². The third-order valence-corrected chi connectivity index (χ3v) is 3.51. The van der Waals surface area contributed by atoms with Gasteiger partial charge in [-0.25, -0.2) is 9.98 Å². The molecule has 2 rings (SSSR count). The van der Waals surface area contributed by atoms with Crippen LogP contribution in [-0.4, -0.2) is 54.1 Å². The highest BCUT2D eigenvalue weighted by Gasteiger charge is 2.00.